The summed E-state index contributed by atoms with van der Waals surface area (Å²) in [6, 6.07) is 3.30. The monoisotopic (exact) mass is 326 g/mol. The number of benzene rings is 1. The van der Waals surface area contributed by atoms with Crippen LogP contribution in [-0.2, 0) is 19.1 Å². The minimum absolute atomic E-state index is 0.182. The standard InChI is InChI=1S/C16H22O7/c1-9(22-10(2)17)15(21-6)12-7-13(19-4)16(23-11(3)18)14(8-12)20-5/h7-9,15H,1-6H3. The van der Waals surface area contributed by atoms with Crippen molar-refractivity contribution in [3.8, 4) is 17.2 Å². The summed E-state index contributed by atoms with van der Waals surface area (Å²) in [6.45, 7) is 4.33. The fourth-order valence-electron chi connectivity index (χ4n) is 2.23. The molecule has 1 aromatic carbocycles. The van der Waals surface area contributed by atoms with Crippen molar-refractivity contribution in [2.75, 3.05) is 21.3 Å². The van der Waals surface area contributed by atoms with E-state index < -0.39 is 24.1 Å². The van der Waals surface area contributed by atoms with Gasteiger partial charge in [0.05, 0.1) is 14.2 Å². The quantitative estimate of drug-likeness (QED) is 0.561. The highest BCUT2D eigenvalue weighted by molar-refractivity contribution is 5.72. The Labute approximate surface area is 135 Å². The summed E-state index contributed by atoms with van der Waals surface area (Å²) in [5, 5.41) is 0. The third-order valence-electron chi connectivity index (χ3n) is 3.09. The molecule has 0 fully saturated rings. The van der Waals surface area contributed by atoms with Gasteiger partial charge in [0.25, 0.3) is 0 Å². The molecule has 0 aliphatic carbocycles. The molecule has 0 heterocycles. The van der Waals surface area contributed by atoms with Gasteiger partial charge in [0.1, 0.15) is 12.2 Å². The van der Waals surface area contributed by atoms with Gasteiger partial charge >= 0.3 is 11.9 Å². The molecule has 1 rings (SSSR count). The van der Waals surface area contributed by atoms with Crippen molar-refractivity contribution in [1.82, 2.24) is 0 Å². The van der Waals surface area contributed by atoms with Crippen molar-refractivity contribution in [3.63, 3.8) is 0 Å². The van der Waals surface area contributed by atoms with Gasteiger partial charge in [-0.2, -0.15) is 0 Å². The number of methoxy groups -OCH3 is 3. The molecular formula is C16H22O7. The molecular weight excluding hydrogens is 304 g/mol. The van der Waals surface area contributed by atoms with Gasteiger partial charge < -0.3 is 23.7 Å². The molecule has 0 bridgehead atoms. The van der Waals surface area contributed by atoms with E-state index in [1.54, 1.807) is 19.1 Å². The zero-order valence-corrected chi connectivity index (χ0v) is 14.2. The van der Waals surface area contributed by atoms with Crippen LogP contribution in [0.4, 0.5) is 0 Å². The first kappa shape index (κ1) is 18.8. The van der Waals surface area contributed by atoms with Crippen LogP contribution in [0.3, 0.4) is 0 Å². The van der Waals surface area contributed by atoms with Crippen molar-refractivity contribution in [2.24, 2.45) is 0 Å². The molecule has 0 aromatic heterocycles. The van der Waals surface area contributed by atoms with E-state index in [4.69, 9.17) is 23.7 Å². The maximum absolute atomic E-state index is 11.2. The Morgan fingerprint density at radius 2 is 1.48 bits per heavy atom. The molecule has 0 N–H and O–H groups in total. The average Bonchev–Trinajstić information content (AvgIpc) is 2.47. The second-order valence-electron chi connectivity index (χ2n) is 4.82. The lowest BCUT2D eigenvalue weighted by molar-refractivity contribution is -0.152. The van der Waals surface area contributed by atoms with Crippen LogP contribution in [0.15, 0.2) is 12.1 Å². The summed E-state index contributed by atoms with van der Waals surface area (Å²) >= 11 is 0. The Kier molecular flexibility index (Phi) is 6.84. The highest BCUT2D eigenvalue weighted by atomic mass is 16.6. The number of esters is 2. The molecule has 7 heteroatoms. The first-order valence-electron chi connectivity index (χ1n) is 6.98. The lowest BCUT2D eigenvalue weighted by atomic mass is 10.0. The molecule has 0 aliphatic heterocycles. The summed E-state index contributed by atoms with van der Waals surface area (Å²) in [5.41, 5.74) is 0.658. The van der Waals surface area contributed by atoms with Gasteiger partial charge in [-0.1, -0.05) is 0 Å². The Hall–Kier alpha value is -2.28. The molecule has 1 aromatic rings. The maximum Gasteiger partial charge on any atom is 0.308 e. The van der Waals surface area contributed by atoms with E-state index in [0.717, 1.165) is 0 Å². The molecule has 2 unspecified atom stereocenters. The van der Waals surface area contributed by atoms with E-state index in [0.29, 0.717) is 17.1 Å². The topological polar surface area (TPSA) is 80.3 Å². The highest BCUT2D eigenvalue weighted by Crippen LogP contribution is 2.41. The lowest BCUT2D eigenvalue weighted by Gasteiger charge is -2.24. The van der Waals surface area contributed by atoms with Crippen molar-refractivity contribution >= 4 is 11.9 Å². The second kappa shape index (κ2) is 8.38. The highest BCUT2D eigenvalue weighted by Gasteiger charge is 2.25. The number of carbonyl (C=O) groups is 2. The molecule has 0 spiro atoms. The number of hydrogen-bond acceptors (Lipinski definition) is 7. The molecule has 0 radical (unpaired) electrons. The molecule has 7 nitrogen and oxygen atoms in total. The fourth-order valence-corrected chi connectivity index (χ4v) is 2.23. The third-order valence-corrected chi connectivity index (χ3v) is 3.09. The molecule has 0 saturated heterocycles. The van der Waals surface area contributed by atoms with Crippen molar-refractivity contribution < 1.29 is 33.3 Å². The predicted molar refractivity (Wildman–Crippen MR) is 81.8 cm³/mol. The van der Waals surface area contributed by atoms with Crippen LogP contribution in [0.5, 0.6) is 17.2 Å². The van der Waals surface area contributed by atoms with Crippen molar-refractivity contribution in [2.45, 2.75) is 33.0 Å². The number of rotatable bonds is 7. The Morgan fingerprint density at radius 3 is 1.83 bits per heavy atom. The minimum atomic E-state index is -0.534. The van der Waals surface area contributed by atoms with Crippen LogP contribution in [-0.4, -0.2) is 39.4 Å². The summed E-state index contributed by atoms with van der Waals surface area (Å²) in [6.07, 6.45) is -1.06. The molecule has 0 amide bonds. The number of ether oxygens (including phenoxy) is 5. The van der Waals surface area contributed by atoms with E-state index >= 15 is 0 Å². The van der Waals surface area contributed by atoms with Gasteiger partial charge in [0, 0.05) is 21.0 Å². The largest absolute Gasteiger partial charge is 0.493 e. The van der Waals surface area contributed by atoms with Crippen LogP contribution in [0.1, 0.15) is 32.4 Å². The summed E-state index contributed by atoms with van der Waals surface area (Å²) in [4.78, 5) is 22.4. The molecule has 0 saturated carbocycles. The van der Waals surface area contributed by atoms with Crippen LogP contribution >= 0.6 is 0 Å². The zero-order chi connectivity index (χ0) is 17.6. The van der Waals surface area contributed by atoms with Crippen LogP contribution in [0.25, 0.3) is 0 Å². The van der Waals surface area contributed by atoms with E-state index in [9.17, 15) is 9.59 Å². The van der Waals surface area contributed by atoms with Gasteiger partial charge in [-0.05, 0) is 24.6 Å². The van der Waals surface area contributed by atoms with Crippen LogP contribution < -0.4 is 14.2 Å². The van der Waals surface area contributed by atoms with Gasteiger partial charge in [0.2, 0.25) is 5.75 Å². The Balaban J connectivity index is 3.30. The minimum Gasteiger partial charge on any atom is -0.493 e. The van der Waals surface area contributed by atoms with E-state index in [2.05, 4.69) is 0 Å². The Morgan fingerprint density at radius 1 is 0.957 bits per heavy atom. The first-order chi connectivity index (χ1) is 10.8. The molecule has 23 heavy (non-hydrogen) atoms. The lowest BCUT2D eigenvalue weighted by Crippen LogP contribution is -2.23. The number of carbonyl (C=O) groups excluding carboxylic acids is 2. The fraction of sp³-hybridized carbons (Fsp3) is 0.500. The summed E-state index contributed by atoms with van der Waals surface area (Å²) < 4.78 is 26.3. The predicted octanol–water partition coefficient (Wildman–Crippen LogP) is 2.27. The molecule has 2 atom stereocenters. The van der Waals surface area contributed by atoms with Gasteiger partial charge in [-0.15, -0.1) is 0 Å². The summed E-state index contributed by atoms with van der Waals surface area (Å²) in [7, 11) is 4.40. The normalized spacial score (nSPS) is 13.0. The van der Waals surface area contributed by atoms with Gasteiger partial charge in [-0.25, -0.2) is 0 Å². The number of hydrogen-bond donors (Lipinski definition) is 0. The SMILES string of the molecule is COc1cc(C(OC)C(C)OC(C)=O)cc(OC)c1OC(C)=O. The Bertz CT molecular complexity index is 543. The second-order valence-corrected chi connectivity index (χ2v) is 4.82. The third kappa shape index (κ3) is 4.85. The van der Waals surface area contributed by atoms with Crippen molar-refractivity contribution in [1.29, 1.82) is 0 Å². The van der Waals surface area contributed by atoms with Crippen molar-refractivity contribution in [3.05, 3.63) is 17.7 Å². The maximum atomic E-state index is 11.2. The van der Waals surface area contributed by atoms with E-state index in [1.807, 2.05) is 0 Å². The van der Waals surface area contributed by atoms with Crippen LogP contribution in [0.2, 0.25) is 0 Å². The van der Waals surface area contributed by atoms with E-state index in [1.165, 1.54) is 35.2 Å². The van der Waals surface area contributed by atoms with E-state index in [-0.39, 0.29) is 5.75 Å². The van der Waals surface area contributed by atoms with Gasteiger partial charge in [-0.3, -0.25) is 9.59 Å². The molecule has 0 aliphatic rings. The van der Waals surface area contributed by atoms with Gasteiger partial charge in [0.15, 0.2) is 11.5 Å². The summed E-state index contributed by atoms with van der Waals surface area (Å²) in [5.74, 6) is -0.0968. The first-order valence-corrected chi connectivity index (χ1v) is 6.98. The zero-order valence-electron chi connectivity index (χ0n) is 14.2. The smallest absolute Gasteiger partial charge is 0.308 e. The molecule has 128 valence electrons. The average molecular weight is 326 g/mol. The van der Waals surface area contributed by atoms with Crippen LogP contribution in [0, 0.1) is 0 Å².